The van der Waals surface area contributed by atoms with Crippen LogP contribution < -0.4 is 15.5 Å². The number of hydrogen-bond donors (Lipinski definition) is 2. The molecular formula is C24H34N4O. The van der Waals surface area contributed by atoms with Crippen LogP contribution in [0, 0.1) is 6.92 Å². The first-order valence-corrected chi connectivity index (χ1v) is 10.6. The van der Waals surface area contributed by atoms with E-state index in [1.165, 1.54) is 16.8 Å². The molecule has 2 N–H and O–H groups in total. The molecule has 0 aliphatic carbocycles. The molecule has 1 heterocycles. The quantitative estimate of drug-likeness (QED) is 0.735. The number of nitrogens with one attached hydrogen (secondary N) is 2. The lowest BCUT2D eigenvalue weighted by Crippen LogP contribution is -2.44. The van der Waals surface area contributed by atoms with Crippen LogP contribution in [0.1, 0.15) is 37.3 Å². The van der Waals surface area contributed by atoms with Crippen molar-refractivity contribution in [3.63, 3.8) is 0 Å². The van der Waals surface area contributed by atoms with Crippen molar-refractivity contribution in [2.24, 2.45) is 0 Å². The minimum absolute atomic E-state index is 0.0320. The van der Waals surface area contributed by atoms with Gasteiger partial charge in [-0.2, -0.15) is 0 Å². The monoisotopic (exact) mass is 394 g/mol. The van der Waals surface area contributed by atoms with Crippen molar-refractivity contribution in [2.45, 2.75) is 33.1 Å². The molecule has 0 saturated carbocycles. The van der Waals surface area contributed by atoms with Gasteiger partial charge in [-0.15, -0.1) is 0 Å². The lowest BCUT2D eigenvalue weighted by Gasteiger charge is -2.34. The zero-order valence-electron chi connectivity index (χ0n) is 18.2. The molecule has 2 aromatic rings. The number of nitrogens with zero attached hydrogens (tertiary/aromatic N) is 2. The van der Waals surface area contributed by atoms with E-state index in [0.29, 0.717) is 18.9 Å². The number of carbonyl (C=O) groups is 1. The van der Waals surface area contributed by atoms with Gasteiger partial charge in [0.15, 0.2) is 0 Å². The smallest absolute Gasteiger partial charge is 0.226 e. The number of carbonyl (C=O) groups excluding carboxylic acids is 1. The summed E-state index contributed by atoms with van der Waals surface area (Å²) in [6.45, 7) is 11.4. The molecule has 0 atom stereocenters. The van der Waals surface area contributed by atoms with Gasteiger partial charge in [-0.3, -0.25) is 4.79 Å². The second kappa shape index (κ2) is 9.79. The summed E-state index contributed by atoms with van der Waals surface area (Å²) >= 11 is 0. The maximum absolute atomic E-state index is 12.4. The molecule has 1 aliphatic heterocycles. The molecule has 5 heteroatoms. The summed E-state index contributed by atoms with van der Waals surface area (Å²) in [4.78, 5) is 17.1. The molecule has 0 aromatic heterocycles. The normalized spacial score (nSPS) is 14.9. The van der Waals surface area contributed by atoms with E-state index in [1.807, 2.05) is 12.1 Å². The van der Waals surface area contributed by atoms with Gasteiger partial charge < -0.3 is 20.4 Å². The van der Waals surface area contributed by atoms with Gasteiger partial charge in [-0.1, -0.05) is 32.0 Å². The highest BCUT2D eigenvalue weighted by Gasteiger charge is 2.14. The molecule has 0 unspecified atom stereocenters. The second-order valence-corrected chi connectivity index (χ2v) is 8.26. The first-order valence-electron chi connectivity index (χ1n) is 10.6. The third-order valence-corrected chi connectivity index (χ3v) is 5.60. The third-order valence-electron chi connectivity index (χ3n) is 5.60. The van der Waals surface area contributed by atoms with Crippen molar-refractivity contribution < 1.29 is 4.79 Å². The lowest BCUT2D eigenvalue weighted by atomic mass is 9.98. The number of likely N-dealkylation sites (N-methyl/N-ethyl adjacent to an activating group) is 1. The van der Waals surface area contributed by atoms with Crippen LogP contribution in [0.15, 0.2) is 42.5 Å². The van der Waals surface area contributed by atoms with E-state index < -0.39 is 0 Å². The van der Waals surface area contributed by atoms with Crippen LogP contribution in [-0.4, -0.2) is 50.6 Å². The highest BCUT2D eigenvalue weighted by Crippen LogP contribution is 2.27. The topological polar surface area (TPSA) is 47.6 Å². The Balaban J connectivity index is 1.49. The summed E-state index contributed by atoms with van der Waals surface area (Å²) in [6.07, 6.45) is 0.437. The highest BCUT2D eigenvalue weighted by molar-refractivity contribution is 5.91. The van der Waals surface area contributed by atoms with Crippen LogP contribution in [0.3, 0.4) is 0 Å². The van der Waals surface area contributed by atoms with Crippen LogP contribution in [-0.2, 0) is 4.79 Å². The molecule has 1 fully saturated rings. The molecule has 1 saturated heterocycles. The highest BCUT2D eigenvalue weighted by atomic mass is 16.1. The first-order chi connectivity index (χ1) is 13.9. The van der Waals surface area contributed by atoms with Crippen LogP contribution in [0.5, 0.6) is 0 Å². The number of para-hydroxylation sites is 1. The largest absolute Gasteiger partial charge is 0.384 e. The van der Waals surface area contributed by atoms with E-state index >= 15 is 0 Å². The molecule has 3 rings (SSSR count). The number of rotatable bonds is 7. The van der Waals surface area contributed by atoms with Gasteiger partial charge >= 0.3 is 0 Å². The fraction of sp³-hybridized carbons (Fsp3) is 0.458. The third kappa shape index (κ3) is 5.73. The van der Waals surface area contributed by atoms with Crippen LogP contribution in [0.2, 0.25) is 0 Å². The number of aryl methyl sites for hydroxylation is 1. The molecule has 0 bridgehead atoms. The van der Waals surface area contributed by atoms with Crippen molar-refractivity contribution in [2.75, 3.05) is 55.3 Å². The predicted molar refractivity (Wildman–Crippen MR) is 123 cm³/mol. The van der Waals surface area contributed by atoms with E-state index in [-0.39, 0.29) is 5.91 Å². The summed E-state index contributed by atoms with van der Waals surface area (Å²) in [5, 5.41) is 6.48. The Hall–Kier alpha value is -2.53. The SMILES string of the molecule is Cc1cccc(C(C)C)c1NCCC(=O)Nc1ccc(N2CCN(C)CC2)cc1. The van der Waals surface area contributed by atoms with Gasteiger partial charge in [0, 0.05) is 56.2 Å². The lowest BCUT2D eigenvalue weighted by molar-refractivity contribution is -0.115. The van der Waals surface area contributed by atoms with Gasteiger partial charge in [-0.25, -0.2) is 0 Å². The Labute approximate surface area is 175 Å². The van der Waals surface area contributed by atoms with Gasteiger partial charge in [0.2, 0.25) is 5.91 Å². The minimum Gasteiger partial charge on any atom is -0.384 e. The molecule has 0 spiro atoms. The molecule has 29 heavy (non-hydrogen) atoms. The average molecular weight is 395 g/mol. The second-order valence-electron chi connectivity index (χ2n) is 8.26. The molecule has 1 aliphatic rings. The summed E-state index contributed by atoms with van der Waals surface area (Å²) in [7, 11) is 2.16. The number of benzene rings is 2. The molecule has 156 valence electrons. The number of amides is 1. The maximum atomic E-state index is 12.4. The van der Waals surface area contributed by atoms with E-state index in [2.05, 4.69) is 78.6 Å². The molecule has 1 amide bonds. The minimum atomic E-state index is 0.0320. The summed E-state index contributed by atoms with van der Waals surface area (Å²) < 4.78 is 0. The Kier molecular flexibility index (Phi) is 7.15. The van der Waals surface area contributed by atoms with Crippen molar-refractivity contribution in [1.82, 2.24) is 4.90 Å². The van der Waals surface area contributed by atoms with E-state index in [9.17, 15) is 4.79 Å². The Morgan fingerprint density at radius 3 is 2.38 bits per heavy atom. The van der Waals surface area contributed by atoms with Crippen molar-refractivity contribution in [1.29, 1.82) is 0 Å². The fourth-order valence-electron chi connectivity index (χ4n) is 3.76. The van der Waals surface area contributed by atoms with Crippen molar-refractivity contribution in [3.8, 4) is 0 Å². The summed E-state index contributed by atoms with van der Waals surface area (Å²) in [5.74, 6) is 0.481. The Bertz CT molecular complexity index is 808. The van der Waals surface area contributed by atoms with Crippen molar-refractivity contribution in [3.05, 3.63) is 53.6 Å². The van der Waals surface area contributed by atoms with Crippen LogP contribution in [0.4, 0.5) is 17.1 Å². The van der Waals surface area contributed by atoms with Gasteiger partial charge in [0.25, 0.3) is 0 Å². The number of hydrogen-bond acceptors (Lipinski definition) is 4. The maximum Gasteiger partial charge on any atom is 0.226 e. The van der Waals surface area contributed by atoms with Crippen LogP contribution in [0.25, 0.3) is 0 Å². The van der Waals surface area contributed by atoms with Gasteiger partial charge in [0.05, 0.1) is 0 Å². The zero-order chi connectivity index (χ0) is 20.8. The Morgan fingerprint density at radius 2 is 1.72 bits per heavy atom. The van der Waals surface area contributed by atoms with E-state index in [1.54, 1.807) is 0 Å². The fourth-order valence-corrected chi connectivity index (χ4v) is 3.76. The predicted octanol–water partition coefficient (Wildman–Crippen LogP) is 4.31. The number of piperazine rings is 1. The van der Waals surface area contributed by atoms with Crippen LogP contribution >= 0.6 is 0 Å². The average Bonchev–Trinajstić information content (AvgIpc) is 2.70. The van der Waals surface area contributed by atoms with Gasteiger partial charge in [0.1, 0.15) is 0 Å². The Morgan fingerprint density at radius 1 is 1.03 bits per heavy atom. The zero-order valence-corrected chi connectivity index (χ0v) is 18.2. The molecule has 5 nitrogen and oxygen atoms in total. The van der Waals surface area contributed by atoms with E-state index in [0.717, 1.165) is 37.6 Å². The summed E-state index contributed by atoms with van der Waals surface area (Å²) in [5.41, 5.74) is 5.75. The standard InChI is InChI=1S/C24H34N4O/c1-18(2)22-7-5-6-19(3)24(22)25-13-12-23(29)26-20-8-10-21(11-9-20)28-16-14-27(4)15-17-28/h5-11,18,25H,12-17H2,1-4H3,(H,26,29). The molecule has 0 radical (unpaired) electrons. The number of anilines is 3. The molecule has 2 aromatic carbocycles. The summed E-state index contributed by atoms with van der Waals surface area (Å²) in [6, 6.07) is 14.5. The van der Waals surface area contributed by atoms with Crippen molar-refractivity contribution >= 4 is 23.0 Å². The first kappa shape index (κ1) is 21.2. The van der Waals surface area contributed by atoms with Gasteiger partial charge in [-0.05, 0) is 55.3 Å². The van der Waals surface area contributed by atoms with E-state index in [4.69, 9.17) is 0 Å². The molecular weight excluding hydrogens is 360 g/mol.